The van der Waals surface area contributed by atoms with Gasteiger partial charge in [0.25, 0.3) is 11.1 Å². The number of hydrogen-bond acceptors (Lipinski definition) is 6. The smallest absolute Gasteiger partial charge is 0.265 e. The largest absolute Gasteiger partial charge is 0.312 e. The molecule has 10 nitrogen and oxygen atoms in total. The van der Waals surface area contributed by atoms with Crippen molar-refractivity contribution in [3.05, 3.63) is 150 Å². The Morgan fingerprint density at radius 2 is 1.25 bits per heavy atom. The highest BCUT2D eigenvalue weighted by atomic mass is 35.5. The molecule has 328 valence electrons. The van der Waals surface area contributed by atoms with Gasteiger partial charge in [-0.3, -0.25) is 28.3 Å². The second-order valence-corrected chi connectivity index (χ2v) is 18.0. The quantitative estimate of drug-likeness (QED) is 0.134. The number of anilines is 2. The number of rotatable bonds is 9. The predicted octanol–water partition coefficient (Wildman–Crippen LogP) is 11.8. The first-order valence-electron chi connectivity index (χ1n) is 21.3. The molecule has 2 amide bonds. The van der Waals surface area contributed by atoms with Gasteiger partial charge in [-0.1, -0.05) is 74.7 Å². The molecule has 0 aliphatic carbocycles. The van der Waals surface area contributed by atoms with Gasteiger partial charge in [0.2, 0.25) is 11.8 Å². The summed E-state index contributed by atoms with van der Waals surface area (Å²) in [6, 6.07) is 21.7. The van der Waals surface area contributed by atoms with E-state index < -0.39 is 0 Å². The van der Waals surface area contributed by atoms with E-state index in [4.69, 9.17) is 33.2 Å². The van der Waals surface area contributed by atoms with E-state index in [-0.39, 0.29) is 40.7 Å². The lowest BCUT2D eigenvalue weighted by molar-refractivity contribution is -0.117. The van der Waals surface area contributed by atoms with Crippen molar-refractivity contribution in [2.45, 2.75) is 99.8 Å². The molecule has 1 aliphatic rings. The number of aryl methyl sites for hydroxylation is 1. The lowest BCUT2D eigenvalue weighted by atomic mass is 9.84. The number of aromatic nitrogens is 4. The van der Waals surface area contributed by atoms with Crippen LogP contribution in [0.2, 0.25) is 10.0 Å². The Labute approximate surface area is 379 Å². The van der Waals surface area contributed by atoms with Crippen LogP contribution in [0.4, 0.5) is 11.4 Å². The third-order valence-electron chi connectivity index (χ3n) is 11.4. The molecule has 0 saturated heterocycles. The van der Waals surface area contributed by atoms with Crippen molar-refractivity contribution in [3.63, 3.8) is 0 Å². The number of halogens is 2. The molecule has 1 aliphatic heterocycles. The van der Waals surface area contributed by atoms with E-state index in [1.54, 1.807) is 69.2 Å². The molecule has 0 N–H and O–H groups in total. The molecule has 1 atom stereocenters. The van der Waals surface area contributed by atoms with Gasteiger partial charge in [0.15, 0.2) is 0 Å². The average molecular weight is 888 g/mol. The molecular weight excluding hydrogens is 832 g/mol. The highest BCUT2D eigenvalue weighted by molar-refractivity contribution is 6.30. The number of hydrogen-bond donors (Lipinski definition) is 0. The van der Waals surface area contributed by atoms with E-state index in [9.17, 15) is 19.2 Å². The van der Waals surface area contributed by atoms with Crippen LogP contribution in [-0.4, -0.2) is 44.0 Å². The van der Waals surface area contributed by atoms with Gasteiger partial charge in [0, 0.05) is 71.7 Å². The predicted molar refractivity (Wildman–Crippen MR) is 260 cm³/mol. The number of carbonyl (C=O) groups excluding carboxylic acids is 2. The number of nitrogens with zero attached hydrogens (tertiary/aromatic N) is 6. The molecule has 2 aromatic heterocycles. The zero-order chi connectivity index (χ0) is 46.0. The minimum absolute atomic E-state index is 0.0133. The van der Waals surface area contributed by atoms with Crippen LogP contribution in [0, 0.1) is 6.92 Å². The van der Waals surface area contributed by atoms with Gasteiger partial charge >= 0.3 is 0 Å². The van der Waals surface area contributed by atoms with E-state index in [2.05, 4.69) is 12.7 Å². The summed E-state index contributed by atoms with van der Waals surface area (Å²) in [6.45, 7) is 24.6. The van der Waals surface area contributed by atoms with Crippen LogP contribution in [-0.2, 0) is 9.59 Å². The number of amides is 2. The Hall–Kier alpha value is -5.84. The van der Waals surface area contributed by atoms with Gasteiger partial charge in [-0.15, -0.1) is 0 Å². The molecular formula is C51H56Cl2N6O4. The fraction of sp³-hybridized carbons (Fsp3) is 0.333. The third-order valence-corrected chi connectivity index (χ3v) is 11.9. The minimum atomic E-state index is -0.130. The maximum atomic E-state index is 13.7. The summed E-state index contributed by atoms with van der Waals surface area (Å²) in [5.41, 5.74) is 8.09. The van der Waals surface area contributed by atoms with Crippen LogP contribution in [0.5, 0.6) is 0 Å². The fourth-order valence-electron chi connectivity index (χ4n) is 8.27. The van der Waals surface area contributed by atoms with Crippen molar-refractivity contribution < 1.29 is 9.59 Å². The number of carbonyl (C=O) groups is 2. The molecule has 63 heavy (non-hydrogen) atoms. The van der Waals surface area contributed by atoms with Crippen molar-refractivity contribution in [3.8, 4) is 11.4 Å². The number of benzene rings is 4. The van der Waals surface area contributed by atoms with Gasteiger partial charge in [-0.25, -0.2) is 9.97 Å². The summed E-state index contributed by atoms with van der Waals surface area (Å²) in [4.78, 5) is 65.5. The number of fused-ring (bicyclic) bond motifs is 4. The molecule has 0 spiro atoms. The number of allylic oxidation sites excluding steroid dienone is 2. The van der Waals surface area contributed by atoms with E-state index in [0.29, 0.717) is 56.6 Å². The molecule has 4 aromatic carbocycles. The lowest BCUT2D eigenvalue weighted by Crippen LogP contribution is -2.36. The summed E-state index contributed by atoms with van der Waals surface area (Å²) >= 11 is 12.1. The normalized spacial score (nSPS) is 13.5. The first-order valence-corrected chi connectivity index (χ1v) is 22.1. The van der Waals surface area contributed by atoms with Crippen LogP contribution in [0.3, 0.4) is 0 Å². The summed E-state index contributed by atoms with van der Waals surface area (Å²) in [5.74, 6) is 1.38. The van der Waals surface area contributed by atoms with Crippen LogP contribution in [0.15, 0.2) is 106 Å². The summed E-state index contributed by atoms with van der Waals surface area (Å²) < 4.78 is 3.32. The highest BCUT2D eigenvalue weighted by Gasteiger charge is 2.31. The second kappa shape index (κ2) is 19.3. The topological polar surface area (TPSA) is 110 Å². The molecule has 12 heteroatoms. The van der Waals surface area contributed by atoms with Crippen molar-refractivity contribution in [1.29, 1.82) is 0 Å². The lowest BCUT2D eigenvalue weighted by Gasteiger charge is -2.35. The first-order chi connectivity index (χ1) is 29.8. The Balaban J connectivity index is 0.000000210. The standard InChI is InChI=1S/C26H30ClN3O2.C25H26ClN3O2/c1-16(2)8-7-15-29(19(6)31)23-14-13-22-24(18(23)5)28-25(17(3)4)30(26(22)32)21-11-9-20(27)10-12-21;1-14(2)19-12-13-28(16(5)30)21-11-10-20-23(22(19)21)27-24(15(3)4)29(25(20)31)18-8-6-17(26)7-9-18/h8-14,17H,7,15H2,1-6H3;6-11,15,19H,1,12-13H2,2-5H3. The van der Waals surface area contributed by atoms with Crippen LogP contribution >= 0.6 is 23.2 Å². The monoisotopic (exact) mass is 886 g/mol. The molecule has 6 aromatic rings. The molecule has 0 bridgehead atoms. The van der Waals surface area contributed by atoms with E-state index >= 15 is 0 Å². The van der Waals surface area contributed by atoms with Gasteiger partial charge < -0.3 is 9.80 Å². The maximum absolute atomic E-state index is 13.7. The van der Waals surface area contributed by atoms with Gasteiger partial charge in [0.05, 0.1) is 33.2 Å². The summed E-state index contributed by atoms with van der Waals surface area (Å²) in [5, 5.41) is 2.28. The van der Waals surface area contributed by atoms with Crippen LogP contribution < -0.4 is 20.9 Å². The Bertz CT molecular complexity index is 2890. The molecule has 0 radical (unpaired) electrons. The SMILES string of the molecule is C=C(C)C1CCN(C(C)=O)c2ccc3c(=O)n(-c4ccc(Cl)cc4)c(C(C)C)nc3c21.CC(=O)N(CCC=C(C)C)c1ccc2c(=O)n(-c3ccc(Cl)cc3)c(C(C)C)nc2c1C. The Morgan fingerprint density at radius 1 is 0.762 bits per heavy atom. The maximum Gasteiger partial charge on any atom is 0.265 e. The van der Waals surface area contributed by atoms with Crippen molar-refractivity contribution >= 4 is 68.2 Å². The molecule has 1 unspecified atom stereocenters. The molecule has 0 saturated carbocycles. The zero-order valence-corrected chi connectivity index (χ0v) is 39.4. The minimum Gasteiger partial charge on any atom is -0.312 e. The van der Waals surface area contributed by atoms with Crippen LogP contribution in [0.25, 0.3) is 33.2 Å². The first kappa shape index (κ1) is 46.7. The fourth-order valence-corrected chi connectivity index (χ4v) is 8.52. The van der Waals surface area contributed by atoms with E-state index in [1.165, 1.54) is 5.57 Å². The van der Waals surface area contributed by atoms with Crippen molar-refractivity contribution in [2.75, 3.05) is 22.9 Å². The van der Waals surface area contributed by atoms with Crippen molar-refractivity contribution in [1.82, 2.24) is 19.1 Å². The third kappa shape index (κ3) is 9.58. The second-order valence-electron chi connectivity index (χ2n) is 17.1. The van der Waals surface area contributed by atoms with Gasteiger partial charge in [0.1, 0.15) is 11.6 Å². The molecule has 0 fully saturated rings. The van der Waals surface area contributed by atoms with E-state index in [0.717, 1.165) is 52.3 Å². The van der Waals surface area contributed by atoms with E-state index in [1.807, 2.05) is 91.8 Å². The summed E-state index contributed by atoms with van der Waals surface area (Å²) in [6.07, 6.45) is 3.65. The highest BCUT2D eigenvalue weighted by Crippen LogP contribution is 2.42. The molecule has 7 rings (SSSR count). The van der Waals surface area contributed by atoms with Gasteiger partial charge in [-0.2, -0.15) is 0 Å². The zero-order valence-electron chi connectivity index (χ0n) is 37.8. The average Bonchev–Trinajstić information content (AvgIpc) is 3.23. The molecule has 3 heterocycles. The Kier molecular flexibility index (Phi) is 14.3. The Morgan fingerprint density at radius 3 is 1.71 bits per heavy atom. The van der Waals surface area contributed by atoms with Gasteiger partial charge in [-0.05, 0) is 119 Å². The summed E-state index contributed by atoms with van der Waals surface area (Å²) in [7, 11) is 0. The van der Waals surface area contributed by atoms with Crippen molar-refractivity contribution in [2.24, 2.45) is 0 Å². The van der Waals surface area contributed by atoms with Crippen LogP contribution in [0.1, 0.15) is 116 Å².